The zero-order chi connectivity index (χ0) is 18.6. The second kappa shape index (κ2) is 8.09. The molecule has 1 aromatic carbocycles. The van der Waals surface area contributed by atoms with Gasteiger partial charge in [0.15, 0.2) is 0 Å². The number of rotatable bonds is 3. The van der Waals surface area contributed by atoms with Gasteiger partial charge in [-0.05, 0) is 44.9 Å². The average Bonchev–Trinajstić information content (AvgIpc) is 2.55. The van der Waals surface area contributed by atoms with E-state index in [4.69, 9.17) is 16.3 Å². The molecule has 2 amide bonds. The second-order valence-corrected chi connectivity index (χ2v) is 7.96. The van der Waals surface area contributed by atoms with Gasteiger partial charge in [-0.1, -0.05) is 30.7 Å². The molecule has 1 aromatic rings. The van der Waals surface area contributed by atoms with E-state index in [0.29, 0.717) is 37.6 Å². The number of amides is 2. The van der Waals surface area contributed by atoms with Gasteiger partial charge in [0.1, 0.15) is 5.60 Å². The third kappa shape index (κ3) is 5.92. The minimum atomic E-state index is -0.503. The van der Waals surface area contributed by atoms with Crippen LogP contribution in [-0.4, -0.2) is 53.6 Å². The Labute approximate surface area is 154 Å². The summed E-state index contributed by atoms with van der Waals surface area (Å²) >= 11 is 5.89. The Balaban J connectivity index is 1.84. The van der Waals surface area contributed by atoms with Crippen molar-refractivity contribution in [2.24, 2.45) is 5.92 Å². The molecule has 0 N–H and O–H groups in total. The van der Waals surface area contributed by atoms with Gasteiger partial charge in [0.25, 0.3) is 0 Å². The Kier molecular flexibility index (Phi) is 6.33. The highest BCUT2D eigenvalue weighted by Crippen LogP contribution is 2.17. The van der Waals surface area contributed by atoms with E-state index in [1.54, 1.807) is 4.90 Å². The number of carbonyl (C=O) groups is 2. The zero-order valence-corrected chi connectivity index (χ0v) is 16.2. The molecular formula is C19H27ClN2O3. The highest BCUT2D eigenvalue weighted by atomic mass is 35.5. The fraction of sp³-hybridized carbons (Fsp3) is 0.579. The predicted molar refractivity (Wildman–Crippen MR) is 98.7 cm³/mol. The maximum Gasteiger partial charge on any atom is 0.410 e. The van der Waals surface area contributed by atoms with E-state index in [0.717, 1.165) is 5.56 Å². The molecule has 0 radical (unpaired) electrons. The second-order valence-electron chi connectivity index (χ2n) is 7.52. The van der Waals surface area contributed by atoms with Gasteiger partial charge < -0.3 is 14.5 Å². The van der Waals surface area contributed by atoms with Crippen LogP contribution in [-0.2, 0) is 16.0 Å². The quantitative estimate of drug-likeness (QED) is 0.821. The molecule has 0 bridgehead atoms. The van der Waals surface area contributed by atoms with Crippen LogP contribution in [0.3, 0.4) is 0 Å². The highest BCUT2D eigenvalue weighted by Gasteiger charge is 2.29. The molecule has 0 aliphatic carbocycles. The van der Waals surface area contributed by atoms with Gasteiger partial charge in [0.2, 0.25) is 5.91 Å². The number of ether oxygens (including phenoxy) is 1. The molecule has 25 heavy (non-hydrogen) atoms. The topological polar surface area (TPSA) is 49.9 Å². The zero-order valence-electron chi connectivity index (χ0n) is 15.4. The van der Waals surface area contributed by atoms with Crippen molar-refractivity contribution >= 4 is 23.6 Å². The SMILES string of the molecule is CC(Cc1ccc(Cl)cc1)C(=O)N1CCN(C(=O)OC(C)(C)C)CC1. The number of hydrogen-bond acceptors (Lipinski definition) is 3. The molecule has 1 saturated heterocycles. The van der Waals surface area contributed by atoms with E-state index in [1.165, 1.54) is 0 Å². The van der Waals surface area contributed by atoms with Crippen LogP contribution >= 0.6 is 11.6 Å². The number of piperazine rings is 1. The van der Waals surface area contributed by atoms with Crippen molar-refractivity contribution < 1.29 is 14.3 Å². The Morgan fingerprint density at radius 3 is 2.12 bits per heavy atom. The molecule has 1 aliphatic rings. The summed E-state index contributed by atoms with van der Waals surface area (Å²) in [4.78, 5) is 28.2. The summed E-state index contributed by atoms with van der Waals surface area (Å²) in [6.45, 7) is 9.60. The van der Waals surface area contributed by atoms with Crippen molar-refractivity contribution in [2.75, 3.05) is 26.2 Å². The monoisotopic (exact) mass is 366 g/mol. The number of benzene rings is 1. The first kappa shape index (κ1) is 19.6. The van der Waals surface area contributed by atoms with Crippen LogP contribution < -0.4 is 0 Å². The number of nitrogens with zero attached hydrogens (tertiary/aromatic N) is 2. The van der Waals surface area contributed by atoms with Crippen molar-refractivity contribution in [2.45, 2.75) is 39.7 Å². The summed E-state index contributed by atoms with van der Waals surface area (Å²) in [5, 5.41) is 0.695. The normalized spacial score (nSPS) is 16.5. The molecule has 5 nitrogen and oxygen atoms in total. The Morgan fingerprint density at radius 2 is 1.60 bits per heavy atom. The van der Waals surface area contributed by atoms with Gasteiger partial charge >= 0.3 is 6.09 Å². The van der Waals surface area contributed by atoms with E-state index in [2.05, 4.69) is 0 Å². The van der Waals surface area contributed by atoms with E-state index >= 15 is 0 Å². The molecule has 1 unspecified atom stereocenters. The van der Waals surface area contributed by atoms with Crippen LogP contribution in [0, 0.1) is 5.92 Å². The summed E-state index contributed by atoms with van der Waals surface area (Å²) < 4.78 is 5.38. The lowest BCUT2D eigenvalue weighted by molar-refractivity contribution is -0.136. The molecule has 6 heteroatoms. The third-order valence-corrected chi connectivity index (χ3v) is 4.37. The summed E-state index contributed by atoms with van der Waals surface area (Å²) in [5.41, 5.74) is 0.592. The van der Waals surface area contributed by atoms with Crippen LogP contribution in [0.15, 0.2) is 24.3 Å². The van der Waals surface area contributed by atoms with Gasteiger partial charge in [-0.15, -0.1) is 0 Å². The van der Waals surface area contributed by atoms with Crippen molar-refractivity contribution in [3.8, 4) is 0 Å². The first-order valence-corrected chi connectivity index (χ1v) is 9.04. The molecule has 1 atom stereocenters. The Hall–Kier alpha value is -1.75. The molecule has 1 aliphatic heterocycles. The van der Waals surface area contributed by atoms with Crippen molar-refractivity contribution in [3.05, 3.63) is 34.9 Å². The maximum absolute atomic E-state index is 12.6. The number of halogens is 1. The van der Waals surface area contributed by atoms with Crippen molar-refractivity contribution in [1.82, 2.24) is 9.80 Å². The fourth-order valence-corrected chi connectivity index (χ4v) is 2.93. The largest absolute Gasteiger partial charge is 0.444 e. The molecule has 1 fully saturated rings. The summed E-state index contributed by atoms with van der Waals surface area (Å²) in [6, 6.07) is 7.58. The lowest BCUT2D eigenvalue weighted by Crippen LogP contribution is -2.52. The minimum Gasteiger partial charge on any atom is -0.444 e. The molecular weight excluding hydrogens is 340 g/mol. The van der Waals surface area contributed by atoms with Crippen LogP contribution in [0.1, 0.15) is 33.3 Å². The molecule has 138 valence electrons. The average molecular weight is 367 g/mol. The van der Waals surface area contributed by atoms with Gasteiger partial charge in [0.05, 0.1) is 0 Å². The molecule has 0 aromatic heterocycles. The van der Waals surface area contributed by atoms with Gasteiger partial charge in [-0.25, -0.2) is 4.79 Å². The van der Waals surface area contributed by atoms with Gasteiger partial charge in [-0.2, -0.15) is 0 Å². The van der Waals surface area contributed by atoms with E-state index in [9.17, 15) is 9.59 Å². The number of carbonyl (C=O) groups excluding carboxylic acids is 2. The number of hydrogen-bond donors (Lipinski definition) is 0. The highest BCUT2D eigenvalue weighted by molar-refractivity contribution is 6.30. The standard InChI is InChI=1S/C19H27ClN2O3/c1-14(13-15-5-7-16(20)8-6-15)17(23)21-9-11-22(12-10-21)18(24)25-19(2,3)4/h5-8,14H,9-13H2,1-4H3. The van der Waals surface area contributed by atoms with Crippen molar-refractivity contribution in [3.63, 3.8) is 0 Å². The third-order valence-electron chi connectivity index (χ3n) is 4.12. The smallest absolute Gasteiger partial charge is 0.410 e. The van der Waals surface area contributed by atoms with E-state index in [1.807, 2.05) is 56.9 Å². The van der Waals surface area contributed by atoms with Crippen LogP contribution in [0.2, 0.25) is 5.02 Å². The Morgan fingerprint density at radius 1 is 1.08 bits per heavy atom. The first-order chi connectivity index (χ1) is 11.7. The summed E-state index contributed by atoms with van der Waals surface area (Å²) in [7, 11) is 0. The molecule has 1 heterocycles. The molecule has 0 saturated carbocycles. The molecule has 2 rings (SSSR count). The summed E-state index contributed by atoms with van der Waals surface area (Å²) in [6.07, 6.45) is 0.372. The molecule has 0 spiro atoms. The lowest BCUT2D eigenvalue weighted by atomic mass is 9.99. The van der Waals surface area contributed by atoms with E-state index < -0.39 is 5.60 Å². The summed E-state index contributed by atoms with van der Waals surface area (Å²) in [5.74, 6) is 0.0213. The maximum atomic E-state index is 12.6. The minimum absolute atomic E-state index is 0.103. The fourth-order valence-electron chi connectivity index (χ4n) is 2.81. The first-order valence-electron chi connectivity index (χ1n) is 8.67. The Bertz CT molecular complexity index is 602. The van der Waals surface area contributed by atoms with Crippen LogP contribution in [0.4, 0.5) is 4.79 Å². The van der Waals surface area contributed by atoms with E-state index in [-0.39, 0.29) is 17.9 Å². The van der Waals surface area contributed by atoms with Crippen LogP contribution in [0.5, 0.6) is 0 Å². The van der Waals surface area contributed by atoms with Crippen molar-refractivity contribution in [1.29, 1.82) is 0 Å². The van der Waals surface area contributed by atoms with Crippen LogP contribution in [0.25, 0.3) is 0 Å². The predicted octanol–water partition coefficient (Wildman–Crippen LogP) is 3.60. The van der Waals surface area contributed by atoms with Gasteiger partial charge in [0, 0.05) is 37.1 Å². The van der Waals surface area contributed by atoms with Gasteiger partial charge in [-0.3, -0.25) is 4.79 Å². The lowest BCUT2D eigenvalue weighted by Gasteiger charge is -2.36.